The molecule has 1 aromatic heterocycles. The summed E-state index contributed by atoms with van der Waals surface area (Å²) in [5.74, 6) is 2.03. The normalized spacial score (nSPS) is 11.4. The summed E-state index contributed by atoms with van der Waals surface area (Å²) < 4.78 is 12.9. The van der Waals surface area contributed by atoms with Crippen molar-refractivity contribution in [1.29, 1.82) is 0 Å². The van der Waals surface area contributed by atoms with Gasteiger partial charge in [0.25, 0.3) is 0 Å². The summed E-state index contributed by atoms with van der Waals surface area (Å²) in [6, 6.07) is 7.63. The van der Waals surface area contributed by atoms with Gasteiger partial charge >= 0.3 is 0 Å². The Morgan fingerprint density at radius 1 is 1.32 bits per heavy atom. The maximum absolute atomic E-state index is 8.91. The molecule has 2 aromatic rings. The predicted octanol–water partition coefficient (Wildman–Crippen LogP) is 2.66. The van der Waals surface area contributed by atoms with E-state index in [9.17, 15) is 0 Å². The van der Waals surface area contributed by atoms with E-state index in [1.807, 2.05) is 56.0 Å². The van der Waals surface area contributed by atoms with Crippen molar-refractivity contribution in [3.8, 4) is 11.5 Å². The second kappa shape index (κ2) is 10.8. The molecule has 0 bridgehead atoms. The van der Waals surface area contributed by atoms with E-state index in [0.29, 0.717) is 24.6 Å². The number of aliphatic imine (C=N–C) groups is 1. The number of benzene rings is 1. The number of hydrogen-bond donors (Lipinski definition) is 2. The zero-order valence-electron chi connectivity index (χ0n) is 16.9. The number of ether oxygens (including phenoxy) is 2. The molecule has 8 heteroatoms. The van der Waals surface area contributed by atoms with Gasteiger partial charge in [-0.2, -0.15) is 0 Å². The highest BCUT2D eigenvalue weighted by molar-refractivity contribution is 6.30. The van der Waals surface area contributed by atoms with Crippen molar-refractivity contribution in [2.24, 2.45) is 12.0 Å². The summed E-state index contributed by atoms with van der Waals surface area (Å²) in [4.78, 5) is 6.80. The molecule has 0 aliphatic carbocycles. The highest BCUT2D eigenvalue weighted by atomic mass is 35.5. The molecule has 7 nitrogen and oxygen atoms in total. The Balaban J connectivity index is 2.11. The van der Waals surface area contributed by atoms with Crippen LogP contribution in [0.4, 0.5) is 0 Å². The molecular weight excluding hydrogens is 380 g/mol. The summed E-state index contributed by atoms with van der Waals surface area (Å²) in [7, 11) is 5.57. The van der Waals surface area contributed by atoms with Gasteiger partial charge in [0.15, 0.2) is 17.5 Å². The number of aliphatic hydroxyl groups excluding tert-OH is 1. The van der Waals surface area contributed by atoms with Crippen LogP contribution in [-0.2, 0) is 20.1 Å². The fraction of sp³-hybridized carbons (Fsp3) is 0.450. The van der Waals surface area contributed by atoms with Gasteiger partial charge in [0, 0.05) is 32.5 Å². The number of aryl methyl sites for hydroxylation is 1. The standard InChI is InChI=1S/C20H29ClN4O3/c1-5-22-20(25(3)14-17-11-16(21)13-24(17)2)23-12-15-6-7-18(28-9-8-26)19(10-15)27-4/h6-7,10-11,13,26H,5,8-9,12,14H2,1-4H3,(H,22,23). The number of aromatic nitrogens is 1. The van der Waals surface area contributed by atoms with E-state index in [2.05, 4.69) is 10.2 Å². The van der Waals surface area contributed by atoms with E-state index >= 15 is 0 Å². The van der Waals surface area contributed by atoms with Gasteiger partial charge < -0.3 is 29.4 Å². The molecule has 28 heavy (non-hydrogen) atoms. The highest BCUT2D eigenvalue weighted by Gasteiger charge is 2.11. The number of rotatable bonds is 9. The second-order valence-corrected chi connectivity index (χ2v) is 6.78. The van der Waals surface area contributed by atoms with Crippen LogP contribution in [0.2, 0.25) is 5.02 Å². The molecule has 1 heterocycles. The van der Waals surface area contributed by atoms with Crippen LogP contribution in [0.3, 0.4) is 0 Å². The van der Waals surface area contributed by atoms with E-state index in [1.165, 1.54) is 0 Å². The molecule has 0 saturated heterocycles. The van der Waals surface area contributed by atoms with Crippen molar-refractivity contribution in [3.63, 3.8) is 0 Å². The molecule has 0 unspecified atom stereocenters. The Labute approximate surface area is 171 Å². The van der Waals surface area contributed by atoms with E-state index < -0.39 is 0 Å². The van der Waals surface area contributed by atoms with Crippen LogP contribution in [0.15, 0.2) is 35.5 Å². The van der Waals surface area contributed by atoms with Crippen molar-refractivity contribution in [3.05, 3.63) is 46.7 Å². The molecule has 1 aromatic carbocycles. The minimum atomic E-state index is -0.0417. The minimum absolute atomic E-state index is 0.0417. The van der Waals surface area contributed by atoms with E-state index in [1.54, 1.807) is 7.11 Å². The van der Waals surface area contributed by atoms with E-state index in [0.717, 1.165) is 28.8 Å². The highest BCUT2D eigenvalue weighted by Crippen LogP contribution is 2.28. The Morgan fingerprint density at radius 3 is 2.71 bits per heavy atom. The van der Waals surface area contributed by atoms with Crippen LogP contribution >= 0.6 is 11.6 Å². The minimum Gasteiger partial charge on any atom is -0.493 e. The van der Waals surface area contributed by atoms with Crippen LogP contribution < -0.4 is 14.8 Å². The molecule has 0 amide bonds. The molecule has 2 rings (SSSR count). The smallest absolute Gasteiger partial charge is 0.194 e. The Bertz CT molecular complexity index is 792. The Morgan fingerprint density at radius 2 is 2.11 bits per heavy atom. The molecule has 2 N–H and O–H groups in total. The number of aliphatic hydroxyl groups is 1. The fourth-order valence-electron chi connectivity index (χ4n) is 2.76. The van der Waals surface area contributed by atoms with Gasteiger partial charge in [0.1, 0.15) is 6.61 Å². The number of hydrogen-bond acceptors (Lipinski definition) is 4. The number of nitrogens with one attached hydrogen (secondary N) is 1. The summed E-state index contributed by atoms with van der Waals surface area (Å²) in [5.41, 5.74) is 2.10. The van der Waals surface area contributed by atoms with Crippen molar-refractivity contribution in [2.75, 3.05) is 33.9 Å². The largest absolute Gasteiger partial charge is 0.493 e. The summed E-state index contributed by atoms with van der Waals surface area (Å²) in [6.45, 7) is 4.18. The Hall–Kier alpha value is -2.38. The number of nitrogens with zero attached hydrogens (tertiary/aromatic N) is 3. The first kappa shape index (κ1) is 21.9. The first-order valence-electron chi connectivity index (χ1n) is 9.19. The molecule has 0 saturated carbocycles. The van der Waals surface area contributed by atoms with Crippen LogP contribution in [0.1, 0.15) is 18.2 Å². The van der Waals surface area contributed by atoms with E-state index in [4.69, 9.17) is 31.2 Å². The molecule has 0 spiro atoms. The molecule has 0 fully saturated rings. The average Bonchev–Trinajstić information content (AvgIpc) is 3.00. The maximum atomic E-state index is 8.91. The third-order valence-electron chi connectivity index (χ3n) is 4.16. The molecular formula is C20H29ClN4O3. The molecule has 0 atom stereocenters. The number of guanidine groups is 1. The van der Waals surface area contributed by atoms with Gasteiger partial charge in [-0.15, -0.1) is 0 Å². The quantitative estimate of drug-likeness (QED) is 0.493. The lowest BCUT2D eigenvalue weighted by atomic mass is 10.2. The summed E-state index contributed by atoms with van der Waals surface area (Å²) in [6.07, 6.45) is 1.89. The van der Waals surface area contributed by atoms with Crippen molar-refractivity contribution >= 4 is 17.6 Å². The van der Waals surface area contributed by atoms with Gasteiger partial charge in [0.2, 0.25) is 0 Å². The third-order valence-corrected chi connectivity index (χ3v) is 4.37. The average molecular weight is 409 g/mol. The summed E-state index contributed by atoms with van der Waals surface area (Å²) >= 11 is 6.08. The number of halogens is 1. The third kappa shape index (κ3) is 6.07. The second-order valence-electron chi connectivity index (χ2n) is 6.34. The number of methoxy groups -OCH3 is 1. The van der Waals surface area contributed by atoms with Gasteiger partial charge in [-0.1, -0.05) is 17.7 Å². The van der Waals surface area contributed by atoms with Crippen LogP contribution in [0.25, 0.3) is 0 Å². The molecule has 0 aliphatic heterocycles. The summed E-state index contributed by atoms with van der Waals surface area (Å²) in [5, 5.41) is 13.0. The zero-order chi connectivity index (χ0) is 20.5. The fourth-order valence-corrected chi connectivity index (χ4v) is 3.03. The lowest BCUT2D eigenvalue weighted by Crippen LogP contribution is -2.38. The van der Waals surface area contributed by atoms with Gasteiger partial charge in [-0.25, -0.2) is 4.99 Å². The molecule has 0 aliphatic rings. The van der Waals surface area contributed by atoms with Gasteiger partial charge in [0.05, 0.1) is 31.8 Å². The van der Waals surface area contributed by atoms with Crippen LogP contribution in [0.5, 0.6) is 11.5 Å². The lowest BCUT2D eigenvalue weighted by Gasteiger charge is -2.22. The molecule has 0 radical (unpaired) electrons. The van der Waals surface area contributed by atoms with Crippen molar-refractivity contribution in [2.45, 2.75) is 20.0 Å². The maximum Gasteiger partial charge on any atom is 0.194 e. The topological polar surface area (TPSA) is 71.2 Å². The van der Waals surface area contributed by atoms with Crippen molar-refractivity contribution < 1.29 is 14.6 Å². The zero-order valence-corrected chi connectivity index (χ0v) is 17.7. The monoisotopic (exact) mass is 408 g/mol. The van der Waals surface area contributed by atoms with Gasteiger partial charge in [-0.05, 0) is 30.7 Å². The Kier molecular flexibility index (Phi) is 8.47. The van der Waals surface area contributed by atoms with Crippen LogP contribution in [-0.4, -0.2) is 54.4 Å². The van der Waals surface area contributed by atoms with E-state index in [-0.39, 0.29) is 13.2 Å². The first-order chi connectivity index (χ1) is 13.5. The van der Waals surface area contributed by atoms with Crippen molar-refractivity contribution in [1.82, 2.24) is 14.8 Å². The SMILES string of the molecule is CCNC(=NCc1ccc(OCCO)c(OC)c1)N(C)Cc1cc(Cl)cn1C. The van der Waals surface area contributed by atoms with Crippen LogP contribution in [0, 0.1) is 0 Å². The van der Waals surface area contributed by atoms with Gasteiger partial charge in [-0.3, -0.25) is 0 Å². The first-order valence-corrected chi connectivity index (χ1v) is 9.57. The predicted molar refractivity (Wildman–Crippen MR) is 112 cm³/mol. The molecule has 154 valence electrons. The lowest BCUT2D eigenvalue weighted by molar-refractivity contribution is 0.196.